The number of hydrogen-bond acceptors (Lipinski definition) is 8. The zero-order chi connectivity index (χ0) is 15.4. The zero-order valence-electron chi connectivity index (χ0n) is 10.8. The minimum Gasteiger partial charge on any atom is -0.506 e. The lowest BCUT2D eigenvalue weighted by Crippen LogP contribution is -2.11. The molecule has 8 heteroatoms. The summed E-state index contributed by atoms with van der Waals surface area (Å²) < 4.78 is 9.15. The van der Waals surface area contributed by atoms with E-state index in [2.05, 4.69) is 9.47 Å². The van der Waals surface area contributed by atoms with Crippen molar-refractivity contribution in [3.63, 3.8) is 0 Å². The summed E-state index contributed by atoms with van der Waals surface area (Å²) in [6.07, 6.45) is 0. The predicted octanol–water partition coefficient (Wildman–Crippen LogP) is 0.862. The van der Waals surface area contributed by atoms with Crippen molar-refractivity contribution in [1.29, 1.82) is 0 Å². The third-order valence-corrected chi connectivity index (χ3v) is 2.35. The maximum Gasteiger partial charge on any atom is 0.345 e. The summed E-state index contributed by atoms with van der Waals surface area (Å²) in [5.74, 6) is -6.67. The molecule has 0 saturated carbocycles. The van der Waals surface area contributed by atoms with Gasteiger partial charge in [-0.05, 0) is 13.8 Å². The number of ether oxygens (including phenoxy) is 2. The first-order valence-corrected chi connectivity index (χ1v) is 5.70. The van der Waals surface area contributed by atoms with E-state index >= 15 is 0 Å². The Hall–Kier alpha value is -2.64. The lowest BCUT2D eigenvalue weighted by Gasteiger charge is -2.13. The van der Waals surface area contributed by atoms with Gasteiger partial charge in [0.15, 0.2) is 17.2 Å². The van der Waals surface area contributed by atoms with Crippen LogP contribution in [0.15, 0.2) is 0 Å². The second-order valence-corrected chi connectivity index (χ2v) is 3.59. The lowest BCUT2D eigenvalue weighted by molar-refractivity contribution is 0.0512. The van der Waals surface area contributed by atoms with Crippen molar-refractivity contribution in [2.45, 2.75) is 13.8 Å². The molecule has 0 heterocycles. The van der Waals surface area contributed by atoms with Gasteiger partial charge in [-0.1, -0.05) is 0 Å². The van der Waals surface area contributed by atoms with E-state index in [4.69, 9.17) is 0 Å². The van der Waals surface area contributed by atoms with E-state index in [1.807, 2.05) is 0 Å². The van der Waals surface area contributed by atoms with Crippen LogP contribution in [0.4, 0.5) is 0 Å². The maximum atomic E-state index is 11.6. The molecule has 0 radical (unpaired) electrons. The van der Waals surface area contributed by atoms with E-state index in [9.17, 15) is 30.0 Å². The number of carbonyl (C=O) groups is 2. The lowest BCUT2D eigenvalue weighted by atomic mass is 10.0. The Morgan fingerprint density at radius 1 is 0.750 bits per heavy atom. The Morgan fingerprint density at radius 3 is 1.40 bits per heavy atom. The van der Waals surface area contributed by atoms with Gasteiger partial charge in [0.2, 0.25) is 5.75 Å². The Morgan fingerprint density at radius 2 is 1.10 bits per heavy atom. The van der Waals surface area contributed by atoms with Crippen molar-refractivity contribution in [2.75, 3.05) is 13.2 Å². The third kappa shape index (κ3) is 2.53. The molecule has 0 spiro atoms. The van der Waals surface area contributed by atoms with Crippen LogP contribution in [0, 0.1) is 0 Å². The van der Waals surface area contributed by atoms with Gasteiger partial charge in [0.1, 0.15) is 11.1 Å². The first-order chi connectivity index (χ1) is 9.36. The van der Waals surface area contributed by atoms with Crippen LogP contribution in [0.2, 0.25) is 0 Å². The maximum absolute atomic E-state index is 11.6. The van der Waals surface area contributed by atoms with Gasteiger partial charge in [0.05, 0.1) is 13.2 Å². The summed E-state index contributed by atoms with van der Waals surface area (Å²) in [6, 6.07) is 0. The van der Waals surface area contributed by atoms with Gasteiger partial charge in [-0.15, -0.1) is 0 Å². The zero-order valence-corrected chi connectivity index (χ0v) is 10.8. The fraction of sp³-hybridized carbons (Fsp3) is 0.333. The summed E-state index contributed by atoms with van der Waals surface area (Å²) in [6.45, 7) is 2.85. The molecule has 0 fully saturated rings. The number of phenolic OH excluding ortho intramolecular Hbond substituents is 4. The molecular formula is C12H14O8. The number of hydrogen-bond donors (Lipinski definition) is 4. The summed E-state index contributed by atoms with van der Waals surface area (Å²) >= 11 is 0. The van der Waals surface area contributed by atoms with Crippen LogP contribution in [0.25, 0.3) is 0 Å². The Bertz CT molecular complexity index is 504. The standard InChI is InChI=1S/C12H14O8/c1-3-19-11(17)5-7(13)6(12(18)20-4-2)9(15)10(16)8(5)14/h13-16H,3-4H2,1-2H3. The minimum absolute atomic E-state index is 0.0614. The van der Waals surface area contributed by atoms with E-state index < -0.39 is 46.1 Å². The second-order valence-electron chi connectivity index (χ2n) is 3.59. The van der Waals surface area contributed by atoms with Crippen molar-refractivity contribution >= 4 is 11.9 Å². The molecule has 0 aliphatic heterocycles. The highest BCUT2D eigenvalue weighted by Gasteiger charge is 2.32. The summed E-state index contributed by atoms with van der Waals surface area (Å²) in [5.41, 5.74) is -1.66. The van der Waals surface area contributed by atoms with E-state index in [-0.39, 0.29) is 13.2 Å². The molecule has 4 N–H and O–H groups in total. The molecule has 0 amide bonds. The number of aromatic hydroxyl groups is 4. The number of phenols is 4. The highest BCUT2D eigenvalue weighted by atomic mass is 16.5. The van der Waals surface area contributed by atoms with Crippen LogP contribution < -0.4 is 0 Å². The largest absolute Gasteiger partial charge is 0.506 e. The van der Waals surface area contributed by atoms with E-state index in [0.29, 0.717) is 0 Å². The van der Waals surface area contributed by atoms with Crippen molar-refractivity contribution in [3.05, 3.63) is 11.1 Å². The van der Waals surface area contributed by atoms with Gasteiger partial charge >= 0.3 is 11.9 Å². The van der Waals surface area contributed by atoms with Crippen LogP contribution >= 0.6 is 0 Å². The van der Waals surface area contributed by atoms with E-state index in [1.54, 1.807) is 0 Å². The number of esters is 2. The third-order valence-electron chi connectivity index (χ3n) is 2.35. The van der Waals surface area contributed by atoms with Gasteiger partial charge in [0.25, 0.3) is 0 Å². The van der Waals surface area contributed by atoms with Crippen molar-refractivity contribution < 1.29 is 39.5 Å². The highest BCUT2D eigenvalue weighted by molar-refractivity contribution is 6.05. The molecular weight excluding hydrogens is 272 g/mol. The van der Waals surface area contributed by atoms with Crippen molar-refractivity contribution in [2.24, 2.45) is 0 Å². The molecule has 8 nitrogen and oxygen atoms in total. The summed E-state index contributed by atoms with van der Waals surface area (Å²) in [5, 5.41) is 38.5. The van der Waals surface area contributed by atoms with E-state index in [1.165, 1.54) is 13.8 Å². The molecule has 0 atom stereocenters. The normalized spacial score (nSPS) is 10.1. The first-order valence-electron chi connectivity index (χ1n) is 5.70. The molecule has 1 aromatic carbocycles. The molecule has 1 aromatic rings. The topological polar surface area (TPSA) is 134 Å². The van der Waals surface area contributed by atoms with Gasteiger partial charge in [-0.25, -0.2) is 9.59 Å². The van der Waals surface area contributed by atoms with Crippen molar-refractivity contribution in [1.82, 2.24) is 0 Å². The molecule has 0 bridgehead atoms. The number of carbonyl (C=O) groups excluding carboxylic acids is 2. The Balaban J connectivity index is 3.54. The van der Waals surface area contributed by atoms with E-state index in [0.717, 1.165) is 0 Å². The molecule has 0 aromatic heterocycles. The van der Waals surface area contributed by atoms with Crippen LogP contribution in [0.5, 0.6) is 23.0 Å². The summed E-state index contributed by atoms with van der Waals surface area (Å²) in [4.78, 5) is 23.2. The molecule has 0 aliphatic carbocycles. The molecule has 110 valence electrons. The van der Waals surface area contributed by atoms with Gasteiger partial charge in [-0.3, -0.25) is 0 Å². The van der Waals surface area contributed by atoms with Crippen LogP contribution in [-0.4, -0.2) is 45.6 Å². The van der Waals surface area contributed by atoms with Gasteiger partial charge in [0, 0.05) is 0 Å². The molecule has 0 unspecified atom stereocenters. The monoisotopic (exact) mass is 286 g/mol. The van der Waals surface area contributed by atoms with Crippen LogP contribution in [-0.2, 0) is 9.47 Å². The Kier molecular flexibility index (Phi) is 4.63. The quantitative estimate of drug-likeness (QED) is 0.364. The Labute approximate surface area is 113 Å². The first kappa shape index (κ1) is 15.4. The SMILES string of the molecule is CCOC(=O)c1c(O)c(O)c(O)c(C(=O)OCC)c1O. The summed E-state index contributed by atoms with van der Waals surface area (Å²) in [7, 11) is 0. The molecule has 0 aliphatic rings. The molecule has 1 rings (SSSR count). The van der Waals surface area contributed by atoms with Gasteiger partial charge in [-0.2, -0.15) is 0 Å². The van der Waals surface area contributed by atoms with Gasteiger partial charge < -0.3 is 29.9 Å². The average Bonchev–Trinajstić information content (AvgIpc) is 2.37. The molecule has 20 heavy (non-hydrogen) atoms. The fourth-order valence-electron chi connectivity index (χ4n) is 1.49. The number of rotatable bonds is 4. The van der Waals surface area contributed by atoms with Crippen molar-refractivity contribution in [3.8, 4) is 23.0 Å². The fourth-order valence-corrected chi connectivity index (χ4v) is 1.49. The van der Waals surface area contributed by atoms with Crippen LogP contribution in [0.1, 0.15) is 34.6 Å². The molecule has 0 saturated heterocycles. The number of benzene rings is 1. The minimum atomic E-state index is -1.16. The average molecular weight is 286 g/mol. The highest BCUT2D eigenvalue weighted by Crippen LogP contribution is 2.47. The predicted molar refractivity (Wildman–Crippen MR) is 65.0 cm³/mol. The smallest absolute Gasteiger partial charge is 0.345 e. The van der Waals surface area contributed by atoms with Crippen LogP contribution in [0.3, 0.4) is 0 Å². The second kappa shape index (κ2) is 6.00.